The van der Waals surface area contributed by atoms with Crippen molar-refractivity contribution in [1.29, 1.82) is 0 Å². The van der Waals surface area contributed by atoms with Gasteiger partial charge in [-0.25, -0.2) is 0 Å². The molecule has 0 atom stereocenters. The summed E-state index contributed by atoms with van der Waals surface area (Å²) in [6.07, 6.45) is 5.90. The number of halogens is 1. The normalized spacial score (nSPS) is 11.6. The van der Waals surface area contributed by atoms with E-state index in [0.29, 0.717) is 0 Å². The van der Waals surface area contributed by atoms with Crippen molar-refractivity contribution in [2.75, 3.05) is 11.9 Å². The van der Waals surface area contributed by atoms with E-state index in [0.717, 1.165) is 24.1 Å². The Hall–Kier alpha value is -0.500. The first kappa shape index (κ1) is 16.6. The van der Waals surface area contributed by atoms with Crippen LogP contribution in [-0.2, 0) is 6.42 Å². The van der Waals surface area contributed by atoms with E-state index in [2.05, 4.69) is 61.0 Å². The summed E-state index contributed by atoms with van der Waals surface area (Å²) >= 11 is 3.70. The quantitative estimate of drug-likeness (QED) is 0.536. The van der Waals surface area contributed by atoms with E-state index in [1.807, 2.05) is 0 Å². The fraction of sp³-hybridized carbons (Fsp3) is 0.647. The second-order valence-corrected chi connectivity index (χ2v) is 5.94. The summed E-state index contributed by atoms with van der Waals surface area (Å²) in [5.74, 6) is 1.06. The SMILES string of the molecule is CCCC(CBr)(CCC)COc1ccccc1CC. The molecule has 2 heteroatoms. The zero-order valence-electron chi connectivity index (χ0n) is 12.5. The van der Waals surface area contributed by atoms with Crippen LogP contribution in [0.3, 0.4) is 0 Å². The van der Waals surface area contributed by atoms with Crippen molar-refractivity contribution in [1.82, 2.24) is 0 Å². The van der Waals surface area contributed by atoms with Gasteiger partial charge in [0.15, 0.2) is 0 Å². The standard InChI is InChI=1S/C17H27BrO/c1-4-11-17(13-18,12-5-2)14-19-16-10-8-7-9-15(16)6-3/h7-10H,4-6,11-14H2,1-3H3. The van der Waals surface area contributed by atoms with Gasteiger partial charge >= 0.3 is 0 Å². The molecule has 1 aromatic carbocycles. The molecule has 0 aliphatic heterocycles. The maximum Gasteiger partial charge on any atom is 0.122 e. The Kier molecular flexibility index (Phi) is 7.52. The second-order valence-electron chi connectivity index (χ2n) is 5.38. The van der Waals surface area contributed by atoms with Gasteiger partial charge in [0.25, 0.3) is 0 Å². The molecule has 0 fully saturated rings. The molecule has 0 saturated heterocycles. The lowest BCUT2D eigenvalue weighted by atomic mass is 9.82. The van der Waals surface area contributed by atoms with Gasteiger partial charge in [0.2, 0.25) is 0 Å². The van der Waals surface area contributed by atoms with Gasteiger partial charge < -0.3 is 4.74 Å². The zero-order chi connectivity index (χ0) is 14.1. The maximum absolute atomic E-state index is 6.16. The lowest BCUT2D eigenvalue weighted by molar-refractivity contribution is 0.143. The molecule has 19 heavy (non-hydrogen) atoms. The molecule has 0 bridgehead atoms. The van der Waals surface area contributed by atoms with Gasteiger partial charge in [-0.2, -0.15) is 0 Å². The Labute approximate surface area is 126 Å². The number of benzene rings is 1. The third-order valence-electron chi connectivity index (χ3n) is 3.73. The molecule has 0 amide bonds. The van der Waals surface area contributed by atoms with E-state index in [1.54, 1.807) is 0 Å². The summed E-state index contributed by atoms with van der Waals surface area (Å²) in [4.78, 5) is 0. The first-order valence-corrected chi connectivity index (χ1v) is 8.60. The van der Waals surface area contributed by atoms with Gasteiger partial charge in [-0.1, -0.05) is 67.7 Å². The number of hydrogen-bond acceptors (Lipinski definition) is 1. The van der Waals surface area contributed by atoms with Crippen molar-refractivity contribution in [3.63, 3.8) is 0 Å². The molecule has 0 saturated carbocycles. The van der Waals surface area contributed by atoms with Gasteiger partial charge in [0, 0.05) is 10.7 Å². The summed E-state index contributed by atoms with van der Waals surface area (Å²) in [5.41, 5.74) is 1.59. The molecule has 0 aliphatic rings. The van der Waals surface area contributed by atoms with Crippen molar-refractivity contribution in [3.05, 3.63) is 29.8 Å². The second kappa shape index (κ2) is 8.63. The van der Waals surface area contributed by atoms with Gasteiger partial charge in [-0.05, 0) is 30.9 Å². The fourth-order valence-electron chi connectivity index (χ4n) is 2.67. The highest BCUT2D eigenvalue weighted by Crippen LogP contribution is 2.33. The number of rotatable bonds is 9. The van der Waals surface area contributed by atoms with Crippen molar-refractivity contribution >= 4 is 15.9 Å². The molecular formula is C17H27BrO. The van der Waals surface area contributed by atoms with E-state index >= 15 is 0 Å². The average molecular weight is 327 g/mol. The zero-order valence-corrected chi connectivity index (χ0v) is 14.1. The van der Waals surface area contributed by atoms with E-state index in [1.165, 1.54) is 31.2 Å². The van der Waals surface area contributed by atoms with Gasteiger partial charge in [0.1, 0.15) is 5.75 Å². The highest BCUT2D eigenvalue weighted by molar-refractivity contribution is 9.09. The van der Waals surface area contributed by atoms with Crippen LogP contribution in [0.5, 0.6) is 5.75 Å². The number of para-hydroxylation sites is 1. The van der Waals surface area contributed by atoms with Crippen LogP contribution < -0.4 is 4.74 Å². The summed E-state index contributed by atoms with van der Waals surface area (Å²) < 4.78 is 6.16. The third kappa shape index (κ3) is 4.83. The predicted molar refractivity (Wildman–Crippen MR) is 87.4 cm³/mol. The molecule has 0 aromatic heterocycles. The fourth-order valence-corrected chi connectivity index (χ4v) is 3.39. The topological polar surface area (TPSA) is 9.23 Å². The smallest absolute Gasteiger partial charge is 0.122 e. The first-order valence-electron chi connectivity index (χ1n) is 7.48. The van der Waals surface area contributed by atoms with Crippen LogP contribution in [0.15, 0.2) is 24.3 Å². The van der Waals surface area contributed by atoms with Crippen LogP contribution in [0.4, 0.5) is 0 Å². The van der Waals surface area contributed by atoms with E-state index in [-0.39, 0.29) is 5.41 Å². The summed E-state index contributed by atoms with van der Waals surface area (Å²) in [6.45, 7) is 7.51. The number of hydrogen-bond donors (Lipinski definition) is 0. The molecular weight excluding hydrogens is 300 g/mol. The first-order chi connectivity index (χ1) is 9.21. The third-order valence-corrected chi connectivity index (χ3v) is 4.92. The predicted octanol–water partition coefficient (Wildman–Crippen LogP) is 5.61. The van der Waals surface area contributed by atoms with E-state index < -0.39 is 0 Å². The lowest BCUT2D eigenvalue weighted by Gasteiger charge is -2.31. The molecule has 1 aromatic rings. The Morgan fingerprint density at radius 2 is 1.68 bits per heavy atom. The van der Waals surface area contributed by atoms with Crippen LogP contribution in [-0.4, -0.2) is 11.9 Å². The number of alkyl halides is 1. The van der Waals surface area contributed by atoms with Crippen LogP contribution in [0.25, 0.3) is 0 Å². The van der Waals surface area contributed by atoms with Crippen LogP contribution in [0, 0.1) is 5.41 Å². The lowest BCUT2D eigenvalue weighted by Crippen LogP contribution is -2.30. The van der Waals surface area contributed by atoms with Crippen molar-refractivity contribution in [2.45, 2.75) is 52.9 Å². The highest BCUT2D eigenvalue weighted by Gasteiger charge is 2.28. The Balaban J connectivity index is 2.74. The molecule has 0 spiro atoms. The van der Waals surface area contributed by atoms with Crippen LogP contribution >= 0.6 is 15.9 Å². The minimum Gasteiger partial charge on any atom is -0.493 e. The largest absolute Gasteiger partial charge is 0.493 e. The summed E-state index contributed by atoms with van der Waals surface area (Å²) in [7, 11) is 0. The monoisotopic (exact) mass is 326 g/mol. The number of aryl methyl sites for hydroxylation is 1. The Morgan fingerprint density at radius 1 is 1.05 bits per heavy atom. The minimum absolute atomic E-state index is 0.282. The molecule has 0 aliphatic carbocycles. The molecule has 1 nitrogen and oxygen atoms in total. The molecule has 0 heterocycles. The maximum atomic E-state index is 6.16. The highest BCUT2D eigenvalue weighted by atomic mass is 79.9. The van der Waals surface area contributed by atoms with Gasteiger partial charge in [-0.15, -0.1) is 0 Å². The van der Waals surface area contributed by atoms with E-state index in [4.69, 9.17) is 4.74 Å². The van der Waals surface area contributed by atoms with Gasteiger partial charge in [-0.3, -0.25) is 0 Å². The van der Waals surface area contributed by atoms with Gasteiger partial charge in [0.05, 0.1) is 6.61 Å². The van der Waals surface area contributed by atoms with Crippen molar-refractivity contribution < 1.29 is 4.74 Å². The summed E-state index contributed by atoms with van der Waals surface area (Å²) in [6, 6.07) is 8.39. The molecule has 1 rings (SSSR count). The molecule has 0 unspecified atom stereocenters. The summed E-state index contributed by atoms with van der Waals surface area (Å²) in [5, 5.41) is 1.02. The van der Waals surface area contributed by atoms with E-state index in [9.17, 15) is 0 Å². The Morgan fingerprint density at radius 3 is 2.21 bits per heavy atom. The molecule has 0 radical (unpaired) electrons. The van der Waals surface area contributed by atoms with Crippen molar-refractivity contribution in [2.24, 2.45) is 5.41 Å². The van der Waals surface area contributed by atoms with Crippen LogP contribution in [0.2, 0.25) is 0 Å². The Bertz CT molecular complexity index is 356. The molecule has 0 N–H and O–H groups in total. The number of ether oxygens (including phenoxy) is 1. The average Bonchev–Trinajstić information content (AvgIpc) is 2.45. The van der Waals surface area contributed by atoms with Crippen molar-refractivity contribution in [3.8, 4) is 5.75 Å². The van der Waals surface area contributed by atoms with Crippen LogP contribution in [0.1, 0.15) is 52.0 Å². The minimum atomic E-state index is 0.282. The molecule has 108 valence electrons.